The fraction of sp³-hybridized carbons (Fsp3) is 0.458. The second kappa shape index (κ2) is 15.0. The van der Waals surface area contributed by atoms with Gasteiger partial charge in [-0.05, 0) is 17.2 Å². The molecule has 176 valence electrons. The number of benzene rings is 2. The molecule has 0 amide bonds. The monoisotopic (exact) mass is 554 g/mol. The van der Waals surface area contributed by atoms with Crippen molar-refractivity contribution < 1.29 is 14.2 Å². The van der Waals surface area contributed by atoms with Crippen LogP contribution in [-0.4, -0.2) is 64.5 Å². The molecule has 1 saturated heterocycles. The van der Waals surface area contributed by atoms with E-state index in [2.05, 4.69) is 44.8 Å². The van der Waals surface area contributed by atoms with Crippen LogP contribution in [-0.2, 0) is 29.2 Å². The van der Waals surface area contributed by atoms with E-state index in [4.69, 9.17) is 14.2 Å². The van der Waals surface area contributed by atoms with Crippen molar-refractivity contribution in [2.45, 2.75) is 19.7 Å². The summed E-state index contributed by atoms with van der Waals surface area (Å²) in [5.41, 5.74) is 3.67. The first-order valence-corrected chi connectivity index (χ1v) is 10.8. The van der Waals surface area contributed by atoms with Crippen molar-refractivity contribution in [3.05, 3.63) is 65.2 Å². The Morgan fingerprint density at radius 1 is 1.00 bits per heavy atom. The van der Waals surface area contributed by atoms with Gasteiger partial charge in [-0.3, -0.25) is 9.89 Å². The zero-order valence-corrected chi connectivity index (χ0v) is 21.3. The Morgan fingerprint density at radius 2 is 1.69 bits per heavy atom. The molecule has 2 aromatic rings. The minimum absolute atomic E-state index is 0. The summed E-state index contributed by atoms with van der Waals surface area (Å²) in [5.74, 6) is 1.62. The number of para-hydroxylation sites is 1. The zero-order chi connectivity index (χ0) is 21.7. The fourth-order valence-corrected chi connectivity index (χ4v) is 3.53. The number of methoxy groups -OCH3 is 1. The van der Waals surface area contributed by atoms with Gasteiger partial charge in [0.1, 0.15) is 5.75 Å². The molecule has 2 aromatic carbocycles. The number of nitrogens with zero attached hydrogens (tertiary/aromatic N) is 2. The lowest BCUT2D eigenvalue weighted by Gasteiger charge is -2.27. The quantitative estimate of drug-likeness (QED) is 0.204. The second-order valence-corrected chi connectivity index (χ2v) is 7.37. The molecule has 0 aromatic heterocycles. The van der Waals surface area contributed by atoms with Gasteiger partial charge in [-0.1, -0.05) is 42.5 Å². The average Bonchev–Trinajstić information content (AvgIpc) is 2.82. The van der Waals surface area contributed by atoms with Gasteiger partial charge in [-0.2, -0.15) is 0 Å². The number of hydrogen-bond acceptors (Lipinski definition) is 5. The van der Waals surface area contributed by atoms with Gasteiger partial charge in [-0.15, -0.1) is 24.0 Å². The molecule has 1 heterocycles. The van der Waals surface area contributed by atoms with Crippen molar-refractivity contribution in [3.8, 4) is 5.75 Å². The summed E-state index contributed by atoms with van der Waals surface area (Å²) in [7, 11) is 3.46. The van der Waals surface area contributed by atoms with Crippen LogP contribution in [0.1, 0.15) is 16.7 Å². The van der Waals surface area contributed by atoms with Crippen LogP contribution in [0.5, 0.6) is 5.75 Å². The molecule has 3 rings (SSSR count). The molecule has 1 aliphatic heterocycles. The van der Waals surface area contributed by atoms with Crippen LogP contribution in [0.2, 0.25) is 0 Å². The lowest BCUT2D eigenvalue weighted by Crippen LogP contribution is -2.39. The van der Waals surface area contributed by atoms with Gasteiger partial charge in [0.25, 0.3) is 0 Å². The highest BCUT2D eigenvalue weighted by Gasteiger charge is 2.12. The molecule has 2 N–H and O–H groups in total. The summed E-state index contributed by atoms with van der Waals surface area (Å²) in [6.07, 6.45) is 0. The van der Waals surface area contributed by atoms with Crippen molar-refractivity contribution >= 4 is 29.9 Å². The fourth-order valence-electron chi connectivity index (χ4n) is 3.53. The van der Waals surface area contributed by atoms with E-state index in [0.717, 1.165) is 56.7 Å². The lowest BCUT2D eigenvalue weighted by atomic mass is 10.1. The van der Waals surface area contributed by atoms with E-state index in [9.17, 15) is 0 Å². The third-order valence-corrected chi connectivity index (χ3v) is 5.27. The normalized spacial score (nSPS) is 14.5. The zero-order valence-electron chi connectivity index (χ0n) is 19.0. The minimum atomic E-state index is 0. The van der Waals surface area contributed by atoms with E-state index in [-0.39, 0.29) is 24.0 Å². The molecule has 0 saturated carbocycles. The van der Waals surface area contributed by atoms with Crippen molar-refractivity contribution in [3.63, 3.8) is 0 Å². The van der Waals surface area contributed by atoms with Gasteiger partial charge in [0.2, 0.25) is 0 Å². The molecule has 0 bridgehead atoms. The molecule has 32 heavy (non-hydrogen) atoms. The van der Waals surface area contributed by atoms with Gasteiger partial charge in [-0.25, -0.2) is 0 Å². The van der Waals surface area contributed by atoms with Crippen molar-refractivity contribution in [1.29, 1.82) is 0 Å². The molecule has 0 radical (unpaired) electrons. The van der Waals surface area contributed by atoms with Crippen LogP contribution < -0.4 is 15.4 Å². The number of nitrogens with one attached hydrogen (secondary N) is 2. The molecule has 0 unspecified atom stereocenters. The minimum Gasteiger partial charge on any atom is -0.496 e. The van der Waals surface area contributed by atoms with Crippen molar-refractivity contribution in [2.24, 2.45) is 4.99 Å². The lowest BCUT2D eigenvalue weighted by molar-refractivity contribution is 0.0341. The van der Waals surface area contributed by atoms with Crippen LogP contribution in [0.3, 0.4) is 0 Å². The number of rotatable bonds is 10. The predicted molar refractivity (Wildman–Crippen MR) is 139 cm³/mol. The van der Waals surface area contributed by atoms with Crippen LogP contribution in [0, 0.1) is 0 Å². The molecule has 1 fully saturated rings. The Kier molecular flexibility index (Phi) is 12.4. The topological polar surface area (TPSA) is 67.4 Å². The maximum atomic E-state index is 5.78. The summed E-state index contributed by atoms with van der Waals surface area (Å²) < 4.78 is 16.6. The molecule has 7 nitrogen and oxygen atoms in total. The van der Waals surface area contributed by atoms with E-state index < -0.39 is 0 Å². The number of morpholine rings is 1. The number of hydrogen-bond donors (Lipinski definition) is 2. The van der Waals surface area contributed by atoms with Gasteiger partial charge < -0.3 is 24.8 Å². The van der Waals surface area contributed by atoms with E-state index >= 15 is 0 Å². The highest BCUT2D eigenvalue weighted by atomic mass is 127. The summed E-state index contributed by atoms with van der Waals surface area (Å²) >= 11 is 0. The smallest absolute Gasteiger partial charge is 0.191 e. The Hall–Kier alpha value is -1.88. The average molecular weight is 554 g/mol. The van der Waals surface area contributed by atoms with Crippen LogP contribution in [0.4, 0.5) is 0 Å². The molecular weight excluding hydrogens is 519 g/mol. The SMILES string of the molecule is CN=C(NCCOCc1ccccc1OC)NCc1ccccc1CN1CCOCC1.I. The Labute approximate surface area is 208 Å². The number of guanidine groups is 1. The summed E-state index contributed by atoms with van der Waals surface area (Å²) in [6, 6.07) is 16.5. The third-order valence-electron chi connectivity index (χ3n) is 5.27. The van der Waals surface area contributed by atoms with Gasteiger partial charge in [0, 0.05) is 45.3 Å². The Bertz CT molecular complexity index is 828. The first-order chi connectivity index (χ1) is 15.3. The van der Waals surface area contributed by atoms with E-state index in [1.165, 1.54) is 11.1 Å². The van der Waals surface area contributed by atoms with E-state index in [1.807, 2.05) is 24.3 Å². The van der Waals surface area contributed by atoms with Gasteiger partial charge in [0.05, 0.1) is 33.5 Å². The Morgan fingerprint density at radius 3 is 2.41 bits per heavy atom. The number of halogens is 1. The van der Waals surface area contributed by atoms with Crippen LogP contribution in [0.15, 0.2) is 53.5 Å². The maximum Gasteiger partial charge on any atom is 0.191 e. The van der Waals surface area contributed by atoms with Crippen LogP contribution in [0.25, 0.3) is 0 Å². The van der Waals surface area contributed by atoms with E-state index in [0.29, 0.717) is 19.8 Å². The molecule has 0 aliphatic carbocycles. The largest absolute Gasteiger partial charge is 0.496 e. The third kappa shape index (κ3) is 8.57. The number of ether oxygens (including phenoxy) is 3. The van der Waals surface area contributed by atoms with Crippen molar-refractivity contribution in [1.82, 2.24) is 15.5 Å². The second-order valence-electron chi connectivity index (χ2n) is 7.37. The molecule has 0 spiro atoms. The first kappa shape index (κ1) is 26.4. The molecule has 0 atom stereocenters. The molecular formula is C24H35IN4O3. The maximum absolute atomic E-state index is 5.78. The molecule has 1 aliphatic rings. The molecule has 8 heteroatoms. The predicted octanol–water partition coefficient (Wildman–Crippen LogP) is 3.03. The summed E-state index contributed by atoms with van der Waals surface area (Å²) in [4.78, 5) is 6.76. The highest BCUT2D eigenvalue weighted by molar-refractivity contribution is 14.0. The van der Waals surface area contributed by atoms with Crippen molar-refractivity contribution in [2.75, 3.05) is 53.6 Å². The summed E-state index contributed by atoms with van der Waals surface area (Å²) in [5, 5.41) is 6.72. The highest BCUT2D eigenvalue weighted by Crippen LogP contribution is 2.17. The van der Waals surface area contributed by atoms with Gasteiger partial charge in [0.15, 0.2) is 5.96 Å². The van der Waals surface area contributed by atoms with E-state index in [1.54, 1.807) is 14.2 Å². The Balaban J connectivity index is 0.00000363. The van der Waals surface area contributed by atoms with Gasteiger partial charge >= 0.3 is 0 Å². The first-order valence-electron chi connectivity index (χ1n) is 10.8. The standard InChI is InChI=1S/C24H34N4O3.HI/c1-25-24(26-11-14-31-19-22-9-5-6-10-23(22)29-2)27-17-20-7-3-4-8-21(20)18-28-12-15-30-16-13-28;/h3-10H,11-19H2,1-2H3,(H2,25,26,27);1H. The van der Waals surface area contributed by atoms with Crippen LogP contribution >= 0.6 is 24.0 Å². The summed E-state index contributed by atoms with van der Waals surface area (Å²) in [6.45, 7) is 7.04. The number of aliphatic imine (C=N–C) groups is 1.